The summed E-state index contributed by atoms with van der Waals surface area (Å²) in [6.07, 6.45) is -4.25. The molecule has 1 rings (SSSR count). The first-order valence-electron chi connectivity index (χ1n) is 4.26. The molecular weight excluding hydrogens is 273 g/mol. The average molecular weight is 281 g/mol. The number of alkyl halides is 3. The van der Waals surface area contributed by atoms with Crippen molar-refractivity contribution < 1.29 is 18.0 Å². The van der Waals surface area contributed by atoms with E-state index in [4.69, 9.17) is 0 Å². The van der Waals surface area contributed by atoms with Crippen molar-refractivity contribution in [2.45, 2.75) is 19.5 Å². The van der Waals surface area contributed by atoms with E-state index in [0.29, 0.717) is 0 Å². The monoisotopic (exact) mass is 280 g/mol. The Morgan fingerprint density at radius 2 is 2.00 bits per heavy atom. The van der Waals surface area contributed by atoms with Gasteiger partial charge in [-0.2, -0.15) is 13.2 Å². The molecule has 0 N–H and O–H groups in total. The van der Waals surface area contributed by atoms with Crippen LogP contribution in [0.3, 0.4) is 0 Å². The molecule has 0 aliphatic heterocycles. The van der Waals surface area contributed by atoms with E-state index in [0.717, 1.165) is 6.07 Å². The summed E-state index contributed by atoms with van der Waals surface area (Å²) >= 11 is 2.81. The van der Waals surface area contributed by atoms with Gasteiger partial charge in [0.2, 0.25) is 0 Å². The van der Waals surface area contributed by atoms with Crippen molar-refractivity contribution in [2.75, 3.05) is 0 Å². The van der Waals surface area contributed by atoms with Gasteiger partial charge in [0.15, 0.2) is 5.78 Å². The zero-order chi connectivity index (χ0) is 11.6. The summed E-state index contributed by atoms with van der Waals surface area (Å²) in [5, 5.41) is 0. The van der Waals surface area contributed by atoms with Crippen LogP contribution in [0.2, 0.25) is 0 Å². The molecule has 0 radical (unpaired) electrons. The van der Waals surface area contributed by atoms with Crippen molar-refractivity contribution >= 4 is 21.7 Å². The Bertz CT molecular complexity index is 385. The second-order valence-corrected chi connectivity index (χ2v) is 3.82. The quantitative estimate of drug-likeness (QED) is 0.747. The number of hydrogen-bond donors (Lipinski definition) is 0. The van der Waals surface area contributed by atoms with Crippen LogP contribution in [-0.4, -0.2) is 5.78 Å². The molecule has 82 valence electrons. The van der Waals surface area contributed by atoms with Gasteiger partial charge in [-0.1, -0.05) is 28.9 Å². The van der Waals surface area contributed by atoms with E-state index in [9.17, 15) is 18.0 Å². The molecular formula is C10H8BrF3O. The van der Waals surface area contributed by atoms with Gasteiger partial charge in [0.25, 0.3) is 0 Å². The molecule has 0 amide bonds. The second kappa shape index (κ2) is 4.35. The SMILES string of the molecule is CCC(=O)c1ccc(Br)c(C(F)(F)F)c1. The highest BCUT2D eigenvalue weighted by Crippen LogP contribution is 2.35. The van der Waals surface area contributed by atoms with Crippen molar-refractivity contribution in [2.24, 2.45) is 0 Å². The lowest BCUT2D eigenvalue weighted by atomic mass is 10.1. The third-order valence-electron chi connectivity index (χ3n) is 1.91. The van der Waals surface area contributed by atoms with Gasteiger partial charge >= 0.3 is 6.18 Å². The molecule has 5 heteroatoms. The van der Waals surface area contributed by atoms with Crippen LogP contribution in [0.15, 0.2) is 22.7 Å². The average Bonchev–Trinajstić information content (AvgIpc) is 2.15. The van der Waals surface area contributed by atoms with Crippen LogP contribution in [0.4, 0.5) is 13.2 Å². The van der Waals surface area contributed by atoms with E-state index in [2.05, 4.69) is 15.9 Å². The first-order valence-corrected chi connectivity index (χ1v) is 5.05. The molecule has 0 atom stereocenters. The molecule has 0 aromatic heterocycles. The minimum absolute atomic E-state index is 0.0531. The normalized spacial score (nSPS) is 11.5. The maximum absolute atomic E-state index is 12.5. The Morgan fingerprint density at radius 3 is 2.47 bits per heavy atom. The maximum atomic E-state index is 12.5. The summed E-state index contributed by atoms with van der Waals surface area (Å²) in [4.78, 5) is 11.2. The van der Waals surface area contributed by atoms with Crippen molar-refractivity contribution in [3.63, 3.8) is 0 Å². The number of benzene rings is 1. The van der Waals surface area contributed by atoms with Gasteiger partial charge in [-0.05, 0) is 12.1 Å². The molecule has 1 aromatic carbocycles. The van der Waals surface area contributed by atoms with Crippen molar-refractivity contribution in [1.82, 2.24) is 0 Å². The Morgan fingerprint density at radius 1 is 1.40 bits per heavy atom. The van der Waals surface area contributed by atoms with Crippen LogP contribution in [-0.2, 0) is 6.18 Å². The fourth-order valence-electron chi connectivity index (χ4n) is 1.12. The van der Waals surface area contributed by atoms with Crippen LogP contribution in [0.1, 0.15) is 29.3 Å². The Hall–Kier alpha value is -0.840. The predicted molar refractivity (Wildman–Crippen MR) is 53.8 cm³/mol. The highest BCUT2D eigenvalue weighted by molar-refractivity contribution is 9.10. The molecule has 0 unspecified atom stereocenters. The number of hydrogen-bond acceptors (Lipinski definition) is 1. The lowest BCUT2D eigenvalue weighted by Gasteiger charge is -2.10. The molecule has 0 saturated carbocycles. The first-order chi connectivity index (χ1) is 6.86. The predicted octanol–water partition coefficient (Wildman–Crippen LogP) is 4.06. The van der Waals surface area contributed by atoms with Crippen molar-refractivity contribution in [1.29, 1.82) is 0 Å². The lowest BCUT2D eigenvalue weighted by Crippen LogP contribution is -2.08. The van der Waals surface area contributed by atoms with Crippen molar-refractivity contribution in [3.8, 4) is 0 Å². The Kier molecular flexibility index (Phi) is 3.54. The van der Waals surface area contributed by atoms with E-state index >= 15 is 0 Å². The van der Waals surface area contributed by atoms with Gasteiger partial charge in [0.05, 0.1) is 5.56 Å². The smallest absolute Gasteiger partial charge is 0.294 e. The molecule has 0 aliphatic carbocycles. The molecule has 0 spiro atoms. The third kappa shape index (κ3) is 2.81. The van der Waals surface area contributed by atoms with Gasteiger partial charge in [0, 0.05) is 16.5 Å². The van der Waals surface area contributed by atoms with Crippen LogP contribution in [0, 0.1) is 0 Å². The largest absolute Gasteiger partial charge is 0.417 e. The Balaban J connectivity index is 3.23. The topological polar surface area (TPSA) is 17.1 Å². The van der Waals surface area contributed by atoms with Gasteiger partial charge in [-0.15, -0.1) is 0 Å². The number of rotatable bonds is 2. The maximum Gasteiger partial charge on any atom is 0.417 e. The molecule has 0 bridgehead atoms. The number of Topliss-reactive ketones (excluding diaryl/α,β-unsaturated/α-hetero) is 1. The zero-order valence-electron chi connectivity index (χ0n) is 7.86. The summed E-state index contributed by atoms with van der Waals surface area (Å²) in [6.45, 7) is 1.61. The summed E-state index contributed by atoms with van der Waals surface area (Å²) in [5.41, 5.74) is -0.727. The number of carbonyl (C=O) groups is 1. The number of ketones is 1. The fourth-order valence-corrected chi connectivity index (χ4v) is 1.59. The van der Waals surface area contributed by atoms with E-state index in [1.54, 1.807) is 6.92 Å². The Labute approximate surface area is 93.4 Å². The van der Waals surface area contributed by atoms with Gasteiger partial charge < -0.3 is 0 Å². The van der Waals surface area contributed by atoms with Crippen molar-refractivity contribution in [3.05, 3.63) is 33.8 Å². The standard InChI is InChI=1S/C10H8BrF3O/c1-2-9(15)6-3-4-8(11)7(5-6)10(12,13)14/h3-5H,2H2,1H3. The summed E-state index contributed by atoms with van der Waals surface area (Å²) < 4.78 is 37.3. The summed E-state index contributed by atoms with van der Waals surface area (Å²) in [7, 11) is 0. The first kappa shape index (κ1) is 12.2. The number of halogens is 4. The van der Waals surface area contributed by atoms with E-state index < -0.39 is 11.7 Å². The van der Waals surface area contributed by atoms with Gasteiger partial charge in [-0.25, -0.2) is 0 Å². The molecule has 0 aliphatic rings. The summed E-state index contributed by atoms with van der Waals surface area (Å²) in [5.74, 6) is -0.298. The molecule has 1 nitrogen and oxygen atoms in total. The van der Waals surface area contributed by atoms with Crippen LogP contribution < -0.4 is 0 Å². The van der Waals surface area contributed by atoms with Crippen LogP contribution in [0.25, 0.3) is 0 Å². The fraction of sp³-hybridized carbons (Fsp3) is 0.300. The molecule has 1 aromatic rings. The van der Waals surface area contributed by atoms with Gasteiger partial charge in [0.1, 0.15) is 0 Å². The lowest BCUT2D eigenvalue weighted by molar-refractivity contribution is -0.138. The summed E-state index contributed by atoms with van der Waals surface area (Å²) in [6, 6.07) is 3.49. The van der Waals surface area contributed by atoms with Crippen LogP contribution in [0.5, 0.6) is 0 Å². The van der Waals surface area contributed by atoms with E-state index in [-0.39, 0.29) is 22.2 Å². The minimum atomic E-state index is -4.44. The second-order valence-electron chi connectivity index (χ2n) is 2.97. The zero-order valence-corrected chi connectivity index (χ0v) is 9.45. The minimum Gasteiger partial charge on any atom is -0.294 e. The molecule has 0 heterocycles. The molecule has 0 saturated heterocycles. The third-order valence-corrected chi connectivity index (χ3v) is 2.61. The van der Waals surface area contributed by atoms with E-state index in [1.807, 2.05) is 0 Å². The molecule has 0 fully saturated rings. The van der Waals surface area contributed by atoms with E-state index in [1.165, 1.54) is 12.1 Å². The highest BCUT2D eigenvalue weighted by Gasteiger charge is 2.33. The van der Waals surface area contributed by atoms with Crippen LogP contribution >= 0.6 is 15.9 Å². The van der Waals surface area contributed by atoms with Gasteiger partial charge in [-0.3, -0.25) is 4.79 Å². The highest BCUT2D eigenvalue weighted by atomic mass is 79.9. The number of carbonyl (C=O) groups excluding carboxylic acids is 1. The molecule has 15 heavy (non-hydrogen) atoms.